The molecule has 0 bridgehead atoms. The molecule has 0 heterocycles. The largest absolute Gasteiger partial charge is 0.379 e. The average Bonchev–Trinajstić information content (AvgIpc) is 3.43. The molecule has 8 heteroatoms. The van der Waals surface area contributed by atoms with E-state index in [9.17, 15) is 8.42 Å². The van der Waals surface area contributed by atoms with E-state index in [2.05, 4.69) is 10.3 Å². The summed E-state index contributed by atoms with van der Waals surface area (Å²) in [6, 6.07) is 7.02. The lowest BCUT2D eigenvalue weighted by molar-refractivity contribution is 0.115. The maximum Gasteiger partial charge on any atom is 0.242 e. The van der Waals surface area contributed by atoms with E-state index in [1.165, 1.54) is 31.2 Å². The molecule has 0 amide bonds. The van der Waals surface area contributed by atoms with E-state index < -0.39 is 10.0 Å². The van der Waals surface area contributed by atoms with Crippen LogP contribution < -0.4 is 5.32 Å². The van der Waals surface area contributed by atoms with Crippen LogP contribution in [0.25, 0.3) is 0 Å². The van der Waals surface area contributed by atoms with Crippen LogP contribution in [0.5, 0.6) is 0 Å². The third-order valence-electron chi connectivity index (χ3n) is 4.36. The van der Waals surface area contributed by atoms with E-state index in [0.29, 0.717) is 29.6 Å². The molecule has 26 heavy (non-hydrogen) atoms. The van der Waals surface area contributed by atoms with Gasteiger partial charge in [-0.3, -0.25) is 4.99 Å². The Bertz CT molecular complexity index is 715. The van der Waals surface area contributed by atoms with Gasteiger partial charge in [0.25, 0.3) is 0 Å². The fourth-order valence-corrected chi connectivity index (χ4v) is 3.61. The molecular formula is C18H30N4O3S. The Labute approximate surface area is 157 Å². The smallest absolute Gasteiger partial charge is 0.242 e. The summed E-state index contributed by atoms with van der Waals surface area (Å²) < 4.78 is 31.8. The number of benzene rings is 1. The molecule has 146 valence electrons. The van der Waals surface area contributed by atoms with Crippen molar-refractivity contribution in [3.8, 4) is 0 Å². The third-order valence-corrected chi connectivity index (χ3v) is 6.28. The Kier molecular flexibility index (Phi) is 7.43. The molecular weight excluding hydrogens is 352 g/mol. The molecule has 0 atom stereocenters. The number of nitrogens with one attached hydrogen (secondary N) is 1. The number of hydrogen-bond acceptors (Lipinski definition) is 4. The highest BCUT2D eigenvalue weighted by atomic mass is 32.2. The van der Waals surface area contributed by atoms with Crippen LogP contribution in [0.1, 0.15) is 18.4 Å². The third kappa shape index (κ3) is 5.69. The molecule has 7 nitrogen and oxygen atoms in total. The number of ether oxygens (including phenoxy) is 1. The maximum atomic E-state index is 12.5. The van der Waals surface area contributed by atoms with Crippen LogP contribution in [0.2, 0.25) is 0 Å². The van der Waals surface area contributed by atoms with Crippen molar-refractivity contribution >= 4 is 16.0 Å². The lowest BCUT2D eigenvalue weighted by atomic mass is 10.2. The van der Waals surface area contributed by atoms with Crippen molar-refractivity contribution in [3.05, 3.63) is 29.8 Å². The Balaban J connectivity index is 1.93. The predicted molar refractivity (Wildman–Crippen MR) is 104 cm³/mol. The summed E-state index contributed by atoms with van der Waals surface area (Å²) in [5.41, 5.74) is 0.709. The highest BCUT2D eigenvalue weighted by Crippen LogP contribution is 2.28. The number of likely N-dealkylation sites (N-methyl/N-ethyl adjacent to an activating group) is 1. The quantitative estimate of drug-likeness (QED) is 0.397. The molecule has 1 saturated carbocycles. The van der Waals surface area contributed by atoms with Crippen LogP contribution in [0.3, 0.4) is 0 Å². The zero-order chi connectivity index (χ0) is 19.2. The Morgan fingerprint density at radius 3 is 2.58 bits per heavy atom. The van der Waals surface area contributed by atoms with Crippen molar-refractivity contribution < 1.29 is 13.2 Å². The summed E-state index contributed by atoms with van der Waals surface area (Å²) in [6.07, 6.45) is 2.57. The van der Waals surface area contributed by atoms with E-state index in [0.717, 1.165) is 19.1 Å². The maximum absolute atomic E-state index is 12.5. The lowest BCUT2D eigenvalue weighted by Gasteiger charge is -2.23. The standard InChI is InChI=1S/C18H30N4O3S/c1-19-18(22(4)11-12-25-14-15-9-10-15)20-13-16-7-5-6-8-17(16)26(23,24)21(2)3/h5-8,15H,9-14H2,1-4H3,(H,19,20). The summed E-state index contributed by atoms with van der Waals surface area (Å²) in [5.74, 6) is 1.46. The predicted octanol–water partition coefficient (Wildman–Crippen LogP) is 1.37. The molecule has 0 saturated heterocycles. The fraction of sp³-hybridized carbons (Fsp3) is 0.611. The lowest BCUT2D eigenvalue weighted by Crippen LogP contribution is -2.40. The number of aliphatic imine (C=N–C) groups is 1. The summed E-state index contributed by atoms with van der Waals surface area (Å²) >= 11 is 0. The van der Waals surface area contributed by atoms with E-state index in [1.807, 2.05) is 24.1 Å². The summed E-state index contributed by atoms with van der Waals surface area (Å²) in [6.45, 7) is 2.60. The first-order chi connectivity index (χ1) is 12.4. The van der Waals surface area contributed by atoms with Crippen LogP contribution >= 0.6 is 0 Å². The van der Waals surface area contributed by atoms with Crippen molar-refractivity contribution in [3.63, 3.8) is 0 Å². The van der Waals surface area contributed by atoms with Crippen molar-refractivity contribution in [2.45, 2.75) is 24.3 Å². The molecule has 1 fully saturated rings. The van der Waals surface area contributed by atoms with Crippen LogP contribution in [-0.4, -0.2) is 71.5 Å². The number of hydrogen-bond donors (Lipinski definition) is 1. The number of rotatable bonds is 9. The minimum atomic E-state index is -3.48. The van der Waals surface area contributed by atoms with Crippen LogP contribution in [0.15, 0.2) is 34.2 Å². The average molecular weight is 383 g/mol. The molecule has 0 spiro atoms. The Hall–Kier alpha value is -1.64. The SMILES string of the molecule is CN=C(NCc1ccccc1S(=O)(=O)N(C)C)N(C)CCOCC1CC1. The van der Waals surface area contributed by atoms with Gasteiger partial charge in [-0.05, 0) is 30.4 Å². The normalized spacial score (nSPS) is 15.3. The van der Waals surface area contributed by atoms with Crippen molar-refractivity contribution in [1.82, 2.24) is 14.5 Å². The molecule has 1 aromatic carbocycles. The zero-order valence-corrected chi connectivity index (χ0v) is 16.9. The molecule has 1 aliphatic carbocycles. The summed E-state index contributed by atoms with van der Waals surface area (Å²) in [7, 11) is 3.25. The van der Waals surface area contributed by atoms with Gasteiger partial charge in [0.15, 0.2) is 5.96 Å². The van der Waals surface area contributed by atoms with Gasteiger partial charge in [-0.15, -0.1) is 0 Å². The van der Waals surface area contributed by atoms with E-state index >= 15 is 0 Å². The highest BCUT2D eigenvalue weighted by Gasteiger charge is 2.22. The first kappa shape index (κ1) is 20.7. The van der Waals surface area contributed by atoms with E-state index in [-0.39, 0.29) is 0 Å². The molecule has 1 aliphatic rings. The van der Waals surface area contributed by atoms with Crippen LogP contribution in [0.4, 0.5) is 0 Å². The fourth-order valence-electron chi connectivity index (χ4n) is 2.50. The van der Waals surface area contributed by atoms with Gasteiger partial charge in [0.05, 0.1) is 11.5 Å². The summed E-state index contributed by atoms with van der Waals surface area (Å²) in [5, 5.41) is 3.24. The topological polar surface area (TPSA) is 74.2 Å². The van der Waals surface area contributed by atoms with Crippen LogP contribution in [0, 0.1) is 5.92 Å². The molecule has 0 aromatic heterocycles. The van der Waals surface area contributed by atoms with Crippen LogP contribution in [-0.2, 0) is 21.3 Å². The van der Waals surface area contributed by atoms with Crippen molar-refractivity contribution in [2.75, 3.05) is 47.9 Å². The second kappa shape index (κ2) is 9.34. The summed E-state index contributed by atoms with van der Waals surface area (Å²) in [4.78, 5) is 6.56. The van der Waals surface area contributed by atoms with Gasteiger partial charge in [0, 0.05) is 47.9 Å². The zero-order valence-electron chi connectivity index (χ0n) is 16.1. The molecule has 2 rings (SSSR count). The number of sulfonamides is 1. The van der Waals surface area contributed by atoms with Gasteiger partial charge in [-0.25, -0.2) is 12.7 Å². The monoisotopic (exact) mass is 382 g/mol. The highest BCUT2D eigenvalue weighted by molar-refractivity contribution is 7.89. The molecule has 0 unspecified atom stereocenters. The second-order valence-electron chi connectivity index (χ2n) is 6.74. The number of nitrogens with zero attached hydrogens (tertiary/aromatic N) is 3. The van der Waals surface area contributed by atoms with E-state index in [1.54, 1.807) is 19.2 Å². The molecule has 1 N–H and O–H groups in total. The Morgan fingerprint density at radius 1 is 1.27 bits per heavy atom. The number of guanidine groups is 1. The van der Waals surface area contributed by atoms with Gasteiger partial charge in [-0.2, -0.15) is 0 Å². The Morgan fingerprint density at radius 2 is 1.96 bits per heavy atom. The first-order valence-electron chi connectivity index (χ1n) is 8.86. The molecule has 0 radical (unpaired) electrons. The van der Waals surface area contributed by atoms with Crippen molar-refractivity contribution in [1.29, 1.82) is 0 Å². The van der Waals surface area contributed by atoms with E-state index in [4.69, 9.17) is 4.74 Å². The molecule has 1 aromatic rings. The van der Waals surface area contributed by atoms with Gasteiger partial charge in [-0.1, -0.05) is 18.2 Å². The first-order valence-corrected chi connectivity index (χ1v) is 10.3. The van der Waals surface area contributed by atoms with Crippen molar-refractivity contribution in [2.24, 2.45) is 10.9 Å². The second-order valence-corrected chi connectivity index (χ2v) is 8.86. The van der Waals surface area contributed by atoms with Gasteiger partial charge in [0.2, 0.25) is 10.0 Å². The van der Waals surface area contributed by atoms with Gasteiger partial charge >= 0.3 is 0 Å². The van der Waals surface area contributed by atoms with Gasteiger partial charge in [0.1, 0.15) is 0 Å². The minimum absolute atomic E-state index is 0.309. The minimum Gasteiger partial charge on any atom is -0.379 e. The van der Waals surface area contributed by atoms with Gasteiger partial charge < -0.3 is 15.0 Å². The molecule has 0 aliphatic heterocycles.